The predicted molar refractivity (Wildman–Crippen MR) is 43.6 cm³/mol. The number of ether oxygens (including phenoxy) is 1. The first-order valence-electron chi connectivity index (χ1n) is 4.32. The molecule has 3 nitrogen and oxygen atoms in total. The highest BCUT2D eigenvalue weighted by molar-refractivity contribution is 6.04. The Balaban J connectivity index is 2.70. The number of Topliss-reactive ketones (excluding diaryl/α,β-unsaturated/α-hetero) is 1. The van der Waals surface area contributed by atoms with E-state index in [9.17, 15) is 9.59 Å². The van der Waals surface area contributed by atoms with Crippen molar-refractivity contribution < 1.29 is 14.3 Å². The summed E-state index contributed by atoms with van der Waals surface area (Å²) in [7, 11) is 0. The molecule has 0 bridgehead atoms. The Morgan fingerprint density at radius 1 is 1.67 bits per heavy atom. The van der Waals surface area contributed by atoms with Gasteiger partial charge in [0, 0.05) is 6.42 Å². The van der Waals surface area contributed by atoms with Crippen LogP contribution >= 0.6 is 0 Å². The molecule has 1 atom stereocenters. The van der Waals surface area contributed by atoms with Crippen LogP contribution in [0.5, 0.6) is 0 Å². The molecule has 1 fully saturated rings. The predicted octanol–water partition coefficient (Wildman–Crippen LogP) is 1.31. The van der Waals surface area contributed by atoms with E-state index in [1.165, 1.54) is 0 Å². The van der Waals surface area contributed by atoms with E-state index >= 15 is 0 Å². The molecule has 1 saturated carbocycles. The van der Waals surface area contributed by atoms with E-state index in [1.807, 2.05) is 0 Å². The van der Waals surface area contributed by atoms with Crippen LogP contribution in [0.1, 0.15) is 33.1 Å². The second-order valence-electron chi connectivity index (χ2n) is 3.33. The van der Waals surface area contributed by atoms with E-state index in [1.54, 1.807) is 13.8 Å². The lowest BCUT2D eigenvalue weighted by Gasteiger charge is -2.18. The standard InChI is InChI=1S/C9H14O3/c1-3-12-8(11)9(2)6-4-5-7(9)10/h3-6H2,1-2H3. The Bertz CT molecular complexity index is 210. The second-order valence-corrected chi connectivity index (χ2v) is 3.33. The lowest BCUT2D eigenvalue weighted by molar-refractivity contribution is -0.157. The van der Waals surface area contributed by atoms with Gasteiger partial charge in [0.2, 0.25) is 0 Å². The maximum Gasteiger partial charge on any atom is 0.319 e. The van der Waals surface area contributed by atoms with E-state index in [0.717, 1.165) is 6.42 Å². The minimum Gasteiger partial charge on any atom is -0.465 e. The van der Waals surface area contributed by atoms with Crippen LogP contribution in [0.25, 0.3) is 0 Å². The molecule has 68 valence electrons. The zero-order valence-corrected chi connectivity index (χ0v) is 7.55. The molecular weight excluding hydrogens is 156 g/mol. The molecule has 1 rings (SSSR count). The molecule has 0 aromatic carbocycles. The van der Waals surface area contributed by atoms with Crippen LogP contribution in [0.4, 0.5) is 0 Å². The molecule has 1 aliphatic carbocycles. The summed E-state index contributed by atoms with van der Waals surface area (Å²) in [5, 5.41) is 0. The van der Waals surface area contributed by atoms with Gasteiger partial charge in [-0.1, -0.05) is 0 Å². The Morgan fingerprint density at radius 2 is 2.33 bits per heavy atom. The summed E-state index contributed by atoms with van der Waals surface area (Å²) in [6.45, 7) is 3.78. The highest BCUT2D eigenvalue weighted by atomic mass is 16.5. The maximum atomic E-state index is 11.3. The molecule has 0 N–H and O–H groups in total. The normalized spacial score (nSPS) is 29.0. The van der Waals surface area contributed by atoms with Gasteiger partial charge in [0.25, 0.3) is 0 Å². The van der Waals surface area contributed by atoms with Crippen LogP contribution in [0.2, 0.25) is 0 Å². The zero-order valence-electron chi connectivity index (χ0n) is 7.55. The lowest BCUT2D eigenvalue weighted by atomic mass is 9.88. The summed E-state index contributed by atoms with van der Waals surface area (Å²) < 4.78 is 4.84. The number of esters is 1. The van der Waals surface area contributed by atoms with Gasteiger partial charge >= 0.3 is 5.97 Å². The van der Waals surface area contributed by atoms with Gasteiger partial charge in [0.15, 0.2) is 0 Å². The van der Waals surface area contributed by atoms with Gasteiger partial charge in [0.05, 0.1) is 6.61 Å². The van der Waals surface area contributed by atoms with Gasteiger partial charge in [-0.2, -0.15) is 0 Å². The van der Waals surface area contributed by atoms with Crippen molar-refractivity contribution in [1.82, 2.24) is 0 Å². The Kier molecular flexibility index (Phi) is 2.50. The third-order valence-corrected chi connectivity index (χ3v) is 2.42. The van der Waals surface area contributed by atoms with E-state index < -0.39 is 5.41 Å². The van der Waals surface area contributed by atoms with Crippen molar-refractivity contribution >= 4 is 11.8 Å². The van der Waals surface area contributed by atoms with Crippen LogP contribution in [0.15, 0.2) is 0 Å². The number of rotatable bonds is 2. The summed E-state index contributed by atoms with van der Waals surface area (Å²) in [6, 6.07) is 0. The summed E-state index contributed by atoms with van der Waals surface area (Å²) >= 11 is 0. The second kappa shape index (κ2) is 3.25. The van der Waals surface area contributed by atoms with Crippen LogP contribution < -0.4 is 0 Å². The van der Waals surface area contributed by atoms with Crippen molar-refractivity contribution in [1.29, 1.82) is 0 Å². The number of ketones is 1. The molecular formula is C9H14O3. The van der Waals surface area contributed by atoms with Crippen molar-refractivity contribution in [3.8, 4) is 0 Å². The maximum absolute atomic E-state index is 11.3. The minimum absolute atomic E-state index is 0.0287. The number of hydrogen-bond acceptors (Lipinski definition) is 3. The summed E-state index contributed by atoms with van der Waals surface area (Å²) in [4.78, 5) is 22.6. The van der Waals surface area contributed by atoms with Crippen molar-refractivity contribution in [2.75, 3.05) is 6.61 Å². The SMILES string of the molecule is CCOC(=O)C1(C)CCCC1=O. The highest BCUT2D eigenvalue weighted by Gasteiger charge is 2.45. The van der Waals surface area contributed by atoms with Crippen LogP contribution in [0.3, 0.4) is 0 Å². The van der Waals surface area contributed by atoms with Crippen LogP contribution in [-0.4, -0.2) is 18.4 Å². The van der Waals surface area contributed by atoms with Crippen molar-refractivity contribution in [2.45, 2.75) is 33.1 Å². The number of carbonyl (C=O) groups is 2. The van der Waals surface area contributed by atoms with Gasteiger partial charge in [-0.15, -0.1) is 0 Å². The largest absolute Gasteiger partial charge is 0.465 e. The zero-order chi connectivity index (χ0) is 9.19. The van der Waals surface area contributed by atoms with Crippen molar-refractivity contribution in [3.63, 3.8) is 0 Å². The fourth-order valence-corrected chi connectivity index (χ4v) is 1.52. The average molecular weight is 170 g/mol. The average Bonchev–Trinajstić information content (AvgIpc) is 2.34. The Labute approximate surface area is 72.1 Å². The van der Waals surface area contributed by atoms with Crippen molar-refractivity contribution in [3.05, 3.63) is 0 Å². The minimum atomic E-state index is -0.837. The van der Waals surface area contributed by atoms with E-state index in [0.29, 0.717) is 19.4 Å². The third kappa shape index (κ3) is 1.36. The summed E-state index contributed by atoms with van der Waals surface area (Å²) in [5.74, 6) is -0.326. The summed E-state index contributed by atoms with van der Waals surface area (Å²) in [6.07, 6.45) is 1.98. The monoisotopic (exact) mass is 170 g/mol. The van der Waals surface area contributed by atoms with Gasteiger partial charge < -0.3 is 4.74 Å². The molecule has 0 heterocycles. The fourth-order valence-electron chi connectivity index (χ4n) is 1.52. The topological polar surface area (TPSA) is 43.4 Å². The van der Waals surface area contributed by atoms with Gasteiger partial charge in [0.1, 0.15) is 11.2 Å². The molecule has 12 heavy (non-hydrogen) atoms. The molecule has 0 radical (unpaired) electrons. The third-order valence-electron chi connectivity index (χ3n) is 2.42. The number of hydrogen-bond donors (Lipinski definition) is 0. The molecule has 0 amide bonds. The molecule has 0 aromatic heterocycles. The molecule has 1 aliphatic rings. The van der Waals surface area contributed by atoms with E-state index in [4.69, 9.17) is 4.74 Å². The van der Waals surface area contributed by atoms with Gasteiger partial charge in [-0.25, -0.2) is 0 Å². The molecule has 0 aliphatic heterocycles. The smallest absolute Gasteiger partial charge is 0.319 e. The molecule has 0 spiro atoms. The first kappa shape index (κ1) is 9.23. The van der Waals surface area contributed by atoms with Crippen LogP contribution in [0, 0.1) is 5.41 Å². The fraction of sp³-hybridized carbons (Fsp3) is 0.778. The van der Waals surface area contributed by atoms with Crippen molar-refractivity contribution in [2.24, 2.45) is 5.41 Å². The van der Waals surface area contributed by atoms with E-state index in [-0.39, 0.29) is 11.8 Å². The molecule has 0 aromatic rings. The number of carbonyl (C=O) groups excluding carboxylic acids is 2. The highest BCUT2D eigenvalue weighted by Crippen LogP contribution is 2.35. The van der Waals surface area contributed by atoms with E-state index in [2.05, 4.69) is 0 Å². The van der Waals surface area contributed by atoms with Gasteiger partial charge in [-0.05, 0) is 26.7 Å². The first-order valence-corrected chi connectivity index (χ1v) is 4.32. The summed E-state index contributed by atoms with van der Waals surface area (Å²) in [5.41, 5.74) is -0.837. The first-order chi connectivity index (χ1) is 5.61. The Hall–Kier alpha value is -0.860. The Morgan fingerprint density at radius 3 is 2.75 bits per heavy atom. The van der Waals surface area contributed by atoms with Gasteiger partial charge in [-0.3, -0.25) is 9.59 Å². The lowest BCUT2D eigenvalue weighted by Crippen LogP contribution is -2.33. The molecule has 0 saturated heterocycles. The molecule has 3 heteroatoms. The van der Waals surface area contributed by atoms with Crippen LogP contribution in [-0.2, 0) is 14.3 Å². The quantitative estimate of drug-likeness (QED) is 0.463. The molecule has 1 unspecified atom stereocenters.